The van der Waals surface area contributed by atoms with E-state index in [4.69, 9.17) is 0 Å². The SMILES string of the molecule is Cc1ccc(C(=O)NC(C)(C)C(C)O)c(O)c1. The average molecular weight is 237 g/mol. The smallest absolute Gasteiger partial charge is 0.255 e. The zero-order valence-corrected chi connectivity index (χ0v) is 10.6. The van der Waals surface area contributed by atoms with Crippen LogP contribution >= 0.6 is 0 Å². The molecule has 4 nitrogen and oxygen atoms in total. The van der Waals surface area contributed by atoms with Crippen molar-refractivity contribution < 1.29 is 15.0 Å². The molecule has 0 aliphatic carbocycles. The Bertz CT molecular complexity index is 425. The van der Waals surface area contributed by atoms with Crippen LogP contribution in [-0.4, -0.2) is 27.8 Å². The van der Waals surface area contributed by atoms with Gasteiger partial charge in [0.2, 0.25) is 0 Å². The lowest BCUT2D eigenvalue weighted by Crippen LogP contribution is -2.50. The van der Waals surface area contributed by atoms with Crippen LogP contribution in [0.25, 0.3) is 0 Å². The van der Waals surface area contributed by atoms with Gasteiger partial charge < -0.3 is 15.5 Å². The van der Waals surface area contributed by atoms with Crippen LogP contribution in [0.4, 0.5) is 0 Å². The van der Waals surface area contributed by atoms with Crippen molar-refractivity contribution in [2.45, 2.75) is 39.3 Å². The first kappa shape index (κ1) is 13.5. The minimum atomic E-state index is -0.742. The van der Waals surface area contributed by atoms with Gasteiger partial charge in [0.15, 0.2) is 0 Å². The van der Waals surface area contributed by atoms with Crippen LogP contribution < -0.4 is 5.32 Å². The molecule has 0 aliphatic rings. The largest absolute Gasteiger partial charge is 0.507 e. The molecule has 4 heteroatoms. The molecule has 17 heavy (non-hydrogen) atoms. The summed E-state index contributed by atoms with van der Waals surface area (Å²) < 4.78 is 0. The van der Waals surface area contributed by atoms with Crippen LogP contribution in [0.5, 0.6) is 5.75 Å². The number of aromatic hydroxyl groups is 1. The lowest BCUT2D eigenvalue weighted by molar-refractivity contribution is 0.0707. The molecule has 0 aliphatic heterocycles. The first-order valence-electron chi connectivity index (χ1n) is 5.54. The van der Waals surface area contributed by atoms with Crippen molar-refractivity contribution in [2.75, 3.05) is 0 Å². The zero-order valence-electron chi connectivity index (χ0n) is 10.6. The highest BCUT2D eigenvalue weighted by atomic mass is 16.3. The van der Waals surface area contributed by atoms with Gasteiger partial charge in [-0.2, -0.15) is 0 Å². The molecule has 1 rings (SSSR count). The minimum Gasteiger partial charge on any atom is -0.507 e. The first-order valence-corrected chi connectivity index (χ1v) is 5.54. The van der Waals surface area contributed by atoms with E-state index >= 15 is 0 Å². The molecule has 0 spiro atoms. The van der Waals surface area contributed by atoms with Crippen LogP contribution in [-0.2, 0) is 0 Å². The third-order valence-electron chi connectivity index (χ3n) is 2.88. The fourth-order valence-electron chi connectivity index (χ4n) is 1.30. The molecule has 94 valence electrons. The number of aliphatic hydroxyl groups excluding tert-OH is 1. The molecule has 3 N–H and O–H groups in total. The molecular weight excluding hydrogens is 218 g/mol. The van der Waals surface area contributed by atoms with E-state index in [1.807, 2.05) is 6.92 Å². The fraction of sp³-hybridized carbons (Fsp3) is 0.462. The zero-order chi connectivity index (χ0) is 13.2. The van der Waals surface area contributed by atoms with E-state index in [0.717, 1.165) is 5.56 Å². The van der Waals surface area contributed by atoms with Gasteiger partial charge in [0.05, 0.1) is 17.2 Å². The number of carbonyl (C=O) groups excluding carboxylic acids is 1. The second-order valence-corrected chi connectivity index (χ2v) is 4.87. The Labute approximate surface area is 101 Å². The van der Waals surface area contributed by atoms with E-state index in [-0.39, 0.29) is 11.3 Å². The Morgan fingerprint density at radius 1 is 1.41 bits per heavy atom. The Balaban J connectivity index is 2.91. The van der Waals surface area contributed by atoms with E-state index < -0.39 is 17.6 Å². The topological polar surface area (TPSA) is 69.6 Å². The Morgan fingerprint density at radius 2 is 2.00 bits per heavy atom. The van der Waals surface area contributed by atoms with E-state index in [2.05, 4.69) is 5.32 Å². The summed E-state index contributed by atoms with van der Waals surface area (Å²) in [4.78, 5) is 11.9. The van der Waals surface area contributed by atoms with Crippen molar-refractivity contribution in [1.29, 1.82) is 0 Å². The van der Waals surface area contributed by atoms with E-state index in [9.17, 15) is 15.0 Å². The second-order valence-electron chi connectivity index (χ2n) is 4.87. The number of benzene rings is 1. The summed E-state index contributed by atoms with van der Waals surface area (Å²) in [6.07, 6.45) is -0.681. The van der Waals surface area contributed by atoms with Gasteiger partial charge in [0.1, 0.15) is 5.75 Å². The lowest BCUT2D eigenvalue weighted by atomic mass is 9.98. The maximum atomic E-state index is 11.9. The van der Waals surface area contributed by atoms with Gasteiger partial charge in [-0.3, -0.25) is 4.79 Å². The number of hydrogen-bond donors (Lipinski definition) is 3. The number of phenolic OH excluding ortho intramolecular Hbond substituents is 1. The van der Waals surface area contributed by atoms with Crippen molar-refractivity contribution in [3.05, 3.63) is 29.3 Å². The molecule has 1 atom stereocenters. The Morgan fingerprint density at radius 3 is 2.47 bits per heavy atom. The van der Waals surface area contributed by atoms with Crippen LogP contribution in [0.3, 0.4) is 0 Å². The standard InChI is InChI=1S/C13H19NO3/c1-8-5-6-10(11(16)7-8)12(17)14-13(3,4)9(2)15/h5-7,9,15-16H,1-4H3,(H,14,17). The normalized spacial score (nSPS) is 13.2. The Kier molecular flexibility index (Phi) is 3.78. The number of phenols is 1. The summed E-state index contributed by atoms with van der Waals surface area (Å²) in [6.45, 7) is 6.89. The summed E-state index contributed by atoms with van der Waals surface area (Å²) in [5.74, 6) is -0.447. The molecule has 0 saturated carbocycles. The van der Waals surface area contributed by atoms with Gasteiger partial charge in [-0.15, -0.1) is 0 Å². The van der Waals surface area contributed by atoms with E-state index in [1.54, 1.807) is 32.9 Å². The quantitative estimate of drug-likeness (QED) is 0.747. The predicted octanol–water partition coefficient (Wildman–Crippen LogP) is 1.59. The minimum absolute atomic E-state index is 0.0520. The average Bonchev–Trinajstić information content (AvgIpc) is 2.15. The Hall–Kier alpha value is -1.55. The maximum absolute atomic E-state index is 11.9. The van der Waals surface area contributed by atoms with Crippen molar-refractivity contribution in [3.8, 4) is 5.75 Å². The molecule has 1 unspecified atom stereocenters. The van der Waals surface area contributed by atoms with Crippen molar-refractivity contribution in [2.24, 2.45) is 0 Å². The number of nitrogens with one attached hydrogen (secondary N) is 1. The summed E-state index contributed by atoms with van der Waals surface area (Å²) in [6, 6.07) is 4.85. The second kappa shape index (κ2) is 4.75. The summed E-state index contributed by atoms with van der Waals surface area (Å²) in [5, 5.41) is 21.9. The van der Waals surface area contributed by atoms with Gasteiger partial charge >= 0.3 is 0 Å². The van der Waals surface area contributed by atoms with Gasteiger partial charge in [0, 0.05) is 0 Å². The predicted molar refractivity (Wildman–Crippen MR) is 66.1 cm³/mol. The van der Waals surface area contributed by atoms with Gasteiger partial charge in [-0.25, -0.2) is 0 Å². The number of rotatable bonds is 3. The van der Waals surface area contributed by atoms with Crippen molar-refractivity contribution in [1.82, 2.24) is 5.32 Å². The summed E-state index contributed by atoms with van der Waals surface area (Å²) in [7, 11) is 0. The third kappa shape index (κ3) is 3.20. The molecule has 0 saturated heterocycles. The summed E-state index contributed by atoms with van der Waals surface area (Å²) in [5.41, 5.74) is 0.354. The van der Waals surface area contributed by atoms with E-state index in [1.165, 1.54) is 6.07 Å². The van der Waals surface area contributed by atoms with Crippen LogP contribution in [0.15, 0.2) is 18.2 Å². The first-order chi connectivity index (χ1) is 7.74. The highest BCUT2D eigenvalue weighted by molar-refractivity contribution is 5.97. The van der Waals surface area contributed by atoms with E-state index in [0.29, 0.717) is 0 Å². The molecule has 0 radical (unpaired) electrons. The molecule has 0 bridgehead atoms. The number of hydrogen-bond acceptors (Lipinski definition) is 3. The van der Waals surface area contributed by atoms with Gasteiger partial charge in [-0.1, -0.05) is 6.07 Å². The number of amides is 1. The maximum Gasteiger partial charge on any atom is 0.255 e. The monoisotopic (exact) mass is 237 g/mol. The van der Waals surface area contributed by atoms with Gasteiger partial charge in [-0.05, 0) is 45.4 Å². The molecule has 0 heterocycles. The molecule has 0 aromatic heterocycles. The van der Waals surface area contributed by atoms with Crippen LogP contribution in [0.1, 0.15) is 36.7 Å². The van der Waals surface area contributed by atoms with Crippen LogP contribution in [0.2, 0.25) is 0 Å². The lowest BCUT2D eigenvalue weighted by Gasteiger charge is -2.29. The number of carbonyl (C=O) groups is 1. The molecular formula is C13H19NO3. The van der Waals surface area contributed by atoms with Crippen molar-refractivity contribution in [3.63, 3.8) is 0 Å². The molecule has 1 aromatic rings. The molecule has 1 amide bonds. The fourth-order valence-corrected chi connectivity index (χ4v) is 1.30. The number of aryl methyl sites for hydroxylation is 1. The summed E-state index contributed by atoms with van der Waals surface area (Å²) >= 11 is 0. The highest BCUT2D eigenvalue weighted by Crippen LogP contribution is 2.19. The van der Waals surface area contributed by atoms with Crippen molar-refractivity contribution >= 4 is 5.91 Å². The highest BCUT2D eigenvalue weighted by Gasteiger charge is 2.27. The number of aliphatic hydroxyl groups is 1. The third-order valence-corrected chi connectivity index (χ3v) is 2.88. The molecule has 0 fully saturated rings. The van der Waals surface area contributed by atoms with Crippen LogP contribution in [0, 0.1) is 6.92 Å². The van der Waals surface area contributed by atoms with Gasteiger partial charge in [0.25, 0.3) is 5.91 Å². The molecule has 1 aromatic carbocycles.